The average molecular weight is 332 g/mol. The number of carbonyl (C=O) groups is 1. The Balaban J connectivity index is 3.11. The van der Waals surface area contributed by atoms with Crippen molar-refractivity contribution < 1.29 is 22.7 Å². The summed E-state index contributed by atoms with van der Waals surface area (Å²) in [4.78, 5) is 12.4. The number of ether oxygens (including phenoxy) is 1. The van der Waals surface area contributed by atoms with Crippen LogP contribution in [0, 0.1) is 0 Å². The lowest BCUT2D eigenvalue weighted by atomic mass is 10.2. The van der Waals surface area contributed by atoms with Crippen LogP contribution >= 0.6 is 0 Å². The summed E-state index contributed by atoms with van der Waals surface area (Å²) in [7, 11) is 1.69. The van der Waals surface area contributed by atoms with Gasteiger partial charge in [-0.3, -0.25) is 0 Å². The number of hydrogen-bond donors (Lipinski definition) is 0. The molecule has 0 heterocycles. The molecule has 7 heteroatoms. The lowest BCUT2D eigenvalue weighted by Crippen LogP contribution is -2.47. The lowest BCUT2D eigenvalue weighted by molar-refractivity contribution is -0.137. The van der Waals surface area contributed by atoms with Gasteiger partial charge >= 0.3 is 12.3 Å². The predicted molar refractivity (Wildman–Crippen MR) is 83.1 cm³/mol. The molecule has 0 bridgehead atoms. The Morgan fingerprint density at radius 3 is 2.04 bits per heavy atom. The lowest BCUT2D eigenvalue weighted by Gasteiger charge is -2.33. The number of halogens is 3. The van der Waals surface area contributed by atoms with Gasteiger partial charge in [0, 0.05) is 13.6 Å². The van der Waals surface area contributed by atoms with Gasteiger partial charge in [0.25, 0.3) is 0 Å². The van der Waals surface area contributed by atoms with Crippen LogP contribution < -0.4 is 5.01 Å². The van der Waals surface area contributed by atoms with E-state index in [1.807, 2.05) is 6.92 Å². The van der Waals surface area contributed by atoms with Crippen molar-refractivity contribution in [1.29, 1.82) is 0 Å². The highest BCUT2D eigenvalue weighted by Crippen LogP contribution is 2.31. The van der Waals surface area contributed by atoms with Crippen molar-refractivity contribution in [3.63, 3.8) is 0 Å². The Morgan fingerprint density at radius 2 is 1.65 bits per heavy atom. The Hall–Kier alpha value is -1.76. The molecule has 0 aliphatic heterocycles. The van der Waals surface area contributed by atoms with Crippen LogP contribution in [0.2, 0.25) is 0 Å². The molecule has 23 heavy (non-hydrogen) atoms. The average Bonchev–Trinajstić information content (AvgIpc) is 2.36. The van der Waals surface area contributed by atoms with Crippen molar-refractivity contribution in [2.75, 3.05) is 18.6 Å². The third-order valence-corrected chi connectivity index (χ3v) is 2.89. The molecule has 0 radical (unpaired) electrons. The van der Waals surface area contributed by atoms with Crippen LogP contribution in [0.3, 0.4) is 0 Å². The second-order valence-electron chi connectivity index (χ2n) is 6.22. The molecule has 0 saturated heterocycles. The first-order valence-corrected chi connectivity index (χ1v) is 7.37. The molecule has 0 saturated carbocycles. The van der Waals surface area contributed by atoms with Gasteiger partial charge in [-0.15, -0.1) is 0 Å². The van der Waals surface area contributed by atoms with Crippen molar-refractivity contribution in [2.24, 2.45) is 0 Å². The molecule has 1 aromatic rings. The normalized spacial score (nSPS) is 12.4. The molecule has 1 aromatic carbocycles. The van der Waals surface area contributed by atoms with Gasteiger partial charge in [-0.25, -0.2) is 14.8 Å². The molecule has 0 aliphatic rings. The summed E-state index contributed by atoms with van der Waals surface area (Å²) in [6.07, 6.45) is -4.27. The van der Waals surface area contributed by atoms with Crippen LogP contribution in [0.1, 0.15) is 39.7 Å². The molecule has 0 fully saturated rings. The Morgan fingerprint density at radius 1 is 1.13 bits per heavy atom. The number of alkyl halides is 3. The molecule has 4 nitrogen and oxygen atoms in total. The maximum absolute atomic E-state index is 12.7. The topological polar surface area (TPSA) is 32.8 Å². The quantitative estimate of drug-likeness (QED) is 0.749. The minimum Gasteiger partial charge on any atom is -0.442 e. The summed E-state index contributed by atoms with van der Waals surface area (Å²) < 4.78 is 43.3. The Bertz CT molecular complexity index is 522. The van der Waals surface area contributed by atoms with Crippen molar-refractivity contribution in [1.82, 2.24) is 5.01 Å². The van der Waals surface area contributed by atoms with E-state index in [0.717, 1.165) is 18.6 Å². The number of anilines is 1. The fourth-order valence-electron chi connectivity index (χ4n) is 1.96. The SMILES string of the molecule is CCCN(C)N(C(=O)OC(C)(C)C)c1ccc(C(F)(F)F)cc1. The second kappa shape index (κ2) is 7.21. The standard InChI is InChI=1S/C16H23F3N2O2/c1-6-11-20(5)21(14(22)23-15(2,3)4)13-9-7-12(8-10-13)16(17,18)19/h7-10H,6,11H2,1-5H3. The highest BCUT2D eigenvalue weighted by molar-refractivity contribution is 5.86. The van der Waals surface area contributed by atoms with Gasteiger partial charge < -0.3 is 4.74 Å². The summed E-state index contributed by atoms with van der Waals surface area (Å²) in [6.45, 7) is 7.69. The maximum atomic E-state index is 12.7. The van der Waals surface area contributed by atoms with Crippen LogP contribution in [0.5, 0.6) is 0 Å². The molecule has 0 N–H and O–H groups in total. The largest absolute Gasteiger partial charge is 0.442 e. The molecule has 0 aliphatic carbocycles. The molecule has 130 valence electrons. The van der Waals surface area contributed by atoms with Crippen molar-refractivity contribution >= 4 is 11.8 Å². The number of benzene rings is 1. The number of nitrogens with zero attached hydrogens (tertiary/aromatic N) is 2. The summed E-state index contributed by atoms with van der Waals surface area (Å²) in [5.41, 5.74) is -1.14. The first-order chi connectivity index (χ1) is 10.5. The maximum Gasteiger partial charge on any atom is 0.429 e. The summed E-state index contributed by atoms with van der Waals surface area (Å²) >= 11 is 0. The fraction of sp³-hybridized carbons (Fsp3) is 0.562. The third kappa shape index (κ3) is 5.74. The van der Waals surface area contributed by atoms with E-state index in [4.69, 9.17) is 4.74 Å². The smallest absolute Gasteiger partial charge is 0.429 e. The Labute approximate surface area is 134 Å². The summed E-state index contributed by atoms with van der Waals surface area (Å²) in [6, 6.07) is 4.43. The van der Waals surface area contributed by atoms with Crippen molar-refractivity contribution in [2.45, 2.75) is 45.9 Å². The first-order valence-electron chi connectivity index (χ1n) is 7.37. The summed E-state index contributed by atoms with van der Waals surface area (Å²) in [5, 5.41) is 2.87. The van der Waals surface area contributed by atoms with E-state index < -0.39 is 23.4 Å². The van der Waals surface area contributed by atoms with Crippen LogP contribution in [0.25, 0.3) is 0 Å². The molecular weight excluding hydrogens is 309 g/mol. The van der Waals surface area contributed by atoms with Gasteiger partial charge in [0.15, 0.2) is 0 Å². The van der Waals surface area contributed by atoms with E-state index >= 15 is 0 Å². The van der Waals surface area contributed by atoms with Gasteiger partial charge in [-0.2, -0.15) is 13.2 Å². The zero-order valence-corrected chi connectivity index (χ0v) is 14.1. The minimum absolute atomic E-state index is 0.322. The molecule has 0 aromatic heterocycles. The van der Waals surface area contributed by atoms with Crippen molar-refractivity contribution in [3.8, 4) is 0 Å². The van der Waals surface area contributed by atoms with Gasteiger partial charge in [0.1, 0.15) is 5.60 Å². The molecule has 0 unspecified atom stereocenters. The monoisotopic (exact) mass is 332 g/mol. The number of hydrazine groups is 1. The van der Waals surface area contributed by atoms with E-state index in [2.05, 4.69) is 0 Å². The van der Waals surface area contributed by atoms with Crippen LogP contribution in [0.15, 0.2) is 24.3 Å². The molecule has 0 spiro atoms. The molecule has 1 amide bonds. The predicted octanol–water partition coefficient (Wildman–Crippen LogP) is 4.70. The van der Waals surface area contributed by atoms with Crippen LogP contribution in [0.4, 0.5) is 23.7 Å². The number of amides is 1. The Kier molecular flexibility index (Phi) is 6.04. The van der Waals surface area contributed by atoms with Crippen LogP contribution in [-0.4, -0.2) is 30.3 Å². The zero-order valence-electron chi connectivity index (χ0n) is 14.1. The van der Waals surface area contributed by atoms with Gasteiger partial charge in [-0.1, -0.05) is 6.92 Å². The molecule has 0 atom stereocenters. The third-order valence-electron chi connectivity index (χ3n) is 2.89. The minimum atomic E-state index is -4.41. The van der Waals surface area contributed by atoms with Gasteiger partial charge in [-0.05, 0) is 51.5 Å². The number of carbonyl (C=O) groups excluding carboxylic acids is 1. The summed E-state index contributed by atoms with van der Waals surface area (Å²) in [5.74, 6) is 0. The van der Waals surface area contributed by atoms with E-state index in [-0.39, 0.29) is 0 Å². The van der Waals surface area contributed by atoms with Crippen LogP contribution in [-0.2, 0) is 10.9 Å². The van der Waals surface area contributed by atoms with E-state index in [0.29, 0.717) is 12.2 Å². The highest BCUT2D eigenvalue weighted by atomic mass is 19.4. The fourth-order valence-corrected chi connectivity index (χ4v) is 1.96. The second-order valence-corrected chi connectivity index (χ2v) is 6.22. The van der Waals surface area contributed by atoms with E-state index in [1.165, 1.54) is 17.1 Å². The van der Waals surface area contributed by atoms with Gasteiger partial charge in [0.2, 0.25) is 0 Å². The molecule has 1 rings (SSSR count). The van der Waals surface area contributed by atoms with E-state index in [1.54, 1.807) is 32.8 Å². The van der Waals surface area contributed by atoms with E-state index in [9.17, 15) is 18.0 Å². The van der Waals surface area contributed by atoms with Crippen molar-refractivity contribution in [3.05, 3.63) is 29.8 Å². The number of hydrogen-bond acceptors (Lipinski definition) is 3. The zero-order chi connectivity index (χ0) is 17.8. The first kappa shape index (κ1) is 19.3. The highest BCUT2D eigenvalue weighted by Gasteiger charge is 2.31. The van der Waals surface area contributed by atoms with Gasteiger partial charge in [0.05, 0.1) is 11.3 Å². The number of rotatable bonds is 4. The molecular formula is C16H23F3N2O2.